The first-order valence-electron chi connectivity index (χ1n) is 6.35. The van der Waals surface area contributed by atoms with Gasteiger partial charge >= 0.3 is 0 Å². The van der Waals surface area contributed by atoms with Crippen LogP contribution in [0.4, 0.5) is 0 Å². The smallest absolute Gasteiger partial charge is 0.266 e. The van der Waals surface area contributed by atoms with Crippen LogP contribution < -0.4 is 5.53 Å². The molecule has 0 saturated carbocycles. The van der Waals surface area contributed by atoms with Crippen LogP contribution in [0.25, 0.3) is 0 Å². The second-order valence-electron chi connectivity index (χ2n) is 5.44. The van der Waals surface area contributed by atoms with Gasteiger partial charge in [0, 0.05) is 22.9 Å². The molecule has 6 heteroatoms. The summed E-state index contributed by atoms with van der Waals surface area (Å²) in [6.45, 7) is 5.75. The van der Waals surface area contributed by atoms with E-state index in [0.29, 0.717) is 11.1 Å². The third-order valence-corrected chi connectivity index (χ3v) is 3.24. The Balaban J connectivity index is 1.90. The van der Waals surface area contributed by atoms with Crippen LogP contribution >= 0.6 is 0 Å². The molecule has 1 aromatic carbocycles. The lowest BCUT2D eigenvalue weighted by Gasteiger charge is -2.10. The van der Waals surface area contributed by atoms with Gasteiger partial charge in [0.2, 0.25) is 5.70 Å². The molecule has 2 heterocycles. The van der Waals surface area contributed by atoms with E-state index in [9.17, 15) is 9.59 Å². The van der Waals surface area contributed by atoms with Crippen molar-refractivity contribution in [3.63, 3.8) is 0 Å². The Morgan fingerprint density at radius 3 is 2.15 bits per heavy atom. The number of allylic oxidation sites excluding steroid dienone is 1. The Hall–Kier alpha value is -2.50. The second kappa shape index (κ2) is 4.00. The summed E-state index contributed by atoms with van der Waals surface area (Å²) in [6, 6.07) is 6.76. The minimum absolute atomic E-state index is 0.351. The van der Waals surface area contributed by atoms with Gasteiger partial charge in [0.25, 0.3) is 11.8 Å². The SMILES string of the molecule is CC1=CC(C)(C)N=[N+]1NN1C(=O)c2ccccc2C1=O. The molecule has 2 aliphatic heterocycles. The van der Waals surface area contributed by atoms with E-state index < -0.39 is 0 Å². The van der Waals surface area contributed by atoms with E-state index in [-0.39, 0.29) is 17.4 Å². The summed E-state index contributed by atoms with van der Waals surface area (Å²) in [7, 11) is 0. The van der Waals surface area contributed by atoms with Crippen molar-refractivity contribution in [2.24, 2.45) is 5.11 Å². The largest absolute Gasteiger partial charge is 0.284 e. The molecular weight excluding hydrogens is 256 g/mol. The van der Waals surface area contributed by atoms with Crippen LogP contribution in [0.1, 0.15) is 41.5 Å². The summed E-state index contributed by atoms with van der Waals surface area (Å²) >= 11 is 0. The summed E-state index contributed by atoms with van der Waals surface area (Å²) < 4.78 is 0. The van der Waals surface area contributed by atoms with Crippen molar-refractivity contribution >= 4 is 11.8 Å². The third-order valence-electron chi connectivity index (χ3n) is 3.24. The Bertz CT molecular complexity index is 653. The molecule has 0 radical (unpaired) electrons. The molecule has 2 amide bonds. The van der Waals surface area contributed by atoms with E-state index in [1.165, 1.54) is 4.81 Å². The zero-order valence-electron chi connectivity index (χ0n) is 11.5. The maximum absolute atomic E-state index is 12.2. The van der Waals surface area contributed by atoms with Gasteiger partial charge in [-0.1, -0.05) is 17.7 Å². The highest BCUT2D eigenvalue weighted by molar-refractivity contribution is 6.20. The quantitative estimate of drug-likeness (QED) is 0.659. The van der Waals surface area contributed by atoms with Crippen molar-refractivity contribution in [1.82, 2.24) is 10.5 Å². The summed E-state index contributed by atoms with van der Waals surface area (Å²) in [5.74, 6) is -0.725. The number of hydrazine groups is 2. The number of benzene rings is 1. The molecule has 0 fully saturated rings. The predicted molar refractivity (Wildman–Crippen MR) is 70.6 cm³/mol. The molecule has 0 bridgehead atoms. The molecule has 0 saturated heterocycles. The molecule has 0 aromatic heterocycles. The number of amides is 2. The molecule has 0 unspecified atom stereocenters. The molecule has 20 heavy (non-hydrogen) atoms. The summed E-state index contributed by atoms with van der Waals surface area (Å²) in [6.07, 6.45) is 1.96. The molecule has 1 N–H and O–H groups in total. The van der Waals surface area contributed by atoms with Gasteiger partial charge in [-0.15, -0.1) is 5.01 Å². The van der Waals surface area contributed by atoms with Crippen molar-refractivity contribution in [1.29, 1.82) is 0 Å². The highest BCUT2D eigenvalue weighted by Crippen LogP contribution is 2.24. The molecule has 102 valence electrons. The van der Waals surface area contributed by atoms with Gasteiger partial charge in [0.05, 0.1) is 11.1 Å². The predicted octanol–water partition coefficient (Wildman–Crippen LogP) is 1.86. The normalized spacial score (nSPS) is 19.9. The fourth-order valence-corrected chi connectivity index (χ4v) is 2.41. The van der Waals surface area contributed by atoms with E-state index in [2.05, 4.69) is 10.6 Å². The van der Waals surface area contributed by atoms with Crippen molar-refractivity contribution in [3.05, 3.63) is 47.2 Å². The number of imide groups is 1. The Morgan fingerprint density at radius 2 is 1.70 bits per heavy atom. The number of carbonyl (C=O) groups excluding carboxylic acids is 2. The zero-order chi connectivity index (χ0) is 14.5. The van der Waals surface area contributed by atoms with Gasteiger partial charge < -0.3 is 0 Å². The van der Waals surface area contributed by atoms with Gasteiger partial charge in [0.1, 0.15) is 5.54 Å². The van der Waals surface area contributed by atoms with E-state index >= 15 is 0 Å². The van der Waals surface area contributed by atoms with Gasteiger partial charge in [-0.3, -0.25) is 9.59 Å². The van der Waals surface area contributed by atoms with Crippen LogP contribution in [-0.2, 0) is 0 Å². The average molecular weight is 271 g/mol. The van der Waals surface area contributed by atoms with Crippen LogP contribution in [0.15, 0.2) is 41.2 Å². The van der Waals surface area contributed by atoms with E-state index in [0.717, 1.165) is 10.7 Å². The van der Waals surface area contributed by atoms with E-state index in [4.69, 9.17) is 0 Å². The third kappa shape index (κ3) is 1.80. The fraction of sp³-hybridized carbons (Fsp3) is 0.286. The van der Waals surface area contributed by atoms with Crippen LogP contribution in [0.5, 0.6) is 0 Å². The topological polar surface area (TPSA) is 64.8 Å². The van der Waals surface area contributed by atoms with Gasteiger partial charge in [-0.2, -0.15) is 0 Å². The lowest BCUT2D eigenvalue weighted by atomic mass is 10.1. The average Bonchev–Trinajstić information content (AvgIpc) is 2.79. The molecule has 0 atom stereocenters. The molecule has 0 aliphatic carbocycles. The Kier molecular flexibility index (Phi) is 2.50. The van der Waals surface area contributed by atoms with Crippen LogP contribution in [0, 0.1) is 0 Å². The summed E-state index contributed by atoms with van der Waals surface area (Å²) in [5, 5.41) is 5.37. The molecule has 1 aromatic rings. The van der Waals surface area contributed by atoms with Crippen LogP contribution in [-0.4, -0.2) is 27.2 Å². The number of carbonyl (C=O) groups is 2. The van der Waals surface area contributed by atoms with Crippen molar-refractivity contribution < 1.29 is 14.4 Å². The van der Waals surface area contributed by atoms with Gasteiger partial charge in [-0.05, 0) is 26.0 Å². The number of nitrogens with one attached hydrogen (secondary N) is 1. The highest BCUT2D eigenvalue weighted by atomic mass is 16.2. The first-order chi connectivity index (χ1) is 9.39. The van der Waals surface area contributed by atoms with Gasteiger partial charge in [0.15, 0.2) is 0 Å². The van der Waals surface area contributed by atoms with Crippen molar-refractivity contribution in [2.45, 2.75) is 26.3 Å². The number of nitrogens with zero attached hydrogens (tertiary/aromatic N) is 3. The number of fused-ring (bicyclic) bond motifs is 1. The number of hydrogen-bond acceptors (Lipinski definition) is 4. The Morgan fingerprint density at radius 1 is 1.15 bits per heavy atom. The molecule has 3 rings (SSSR count). The molecule has 6 nitrogen and oxygen atoms in total. The lowest BCUT2D eigenvalue weighted by Crippen LogP contribution is -2.46. The first kappa shape index (κ1) is 12.5. The summed E-state index contributed by atoms with van der Waals surface area (Å²) in [4.78, 5) is 25.9. The maximum Gasteiger partial charge on any atom is 0.284 e. The maximum atomic E-state index is 12.2. The van der Waals surface area contributed by atoms with Crippen LogP contribution in [0.2, 0.25) is 0 Å². The highest BCUT2D eigenvalue weighted by Gasteiger charge is 2.41. The standard InChI is InChI=1S/C14H15N4O2/c1-9-8-14(2,3)15-18(9)16-17-12(19)10-6-4-5-7-11(10)13(17)20/h4-8H,1-3H3,(H,15,16)/q+1. The first-order valence-corrected chi connectivity index (χ1v) is 6.35. The molecule has 0 spiro atoms. The Labute approximate surface area is 116 Å². The van der Waals surface area contributed by atoms with Crippen molar-refractivity contribution in [3.8, 4) is 0 Å². The van der Waals surface area contributed by atoms with E-state index in [1.807, 2.05) is 26.8 Å². The molecular formula is C14H15N4O2+. The fourth-order valence-electron chi connectivity index (χ4n) is 2.41. The van der Waals surface area contributed by atoms with Crippen molar-refractivity contribution in [2.75, 3.05) is 0 Å². The van der Waals surface area contributed by atoms with Crippen LogP contribution in [0.3, 0.4) is 0 Å². The number of azo groups is 1. The van der Waals surface area contributed by atoms with E-state index in [1.54, 1.807) is 24.3 Å². The summed E-state index contributed by atoms with van der Waals surface area (Å²) in [5.41, 5.74) is 4.07. The number of hydrogen-bond donors (Lipinski definition) is 1. The second-order valence-corrected chi connectivity index (χ2v) is 5.44. The minimum Gasteiger partial charge on any atom is -0.266 e. The zero-order valence-corrected chi connectivity index (χ0v) is 11.5. The minimum atomic E-state index is -0.363. The van der Waals surface area contributed by atoms with Gasteiger partial charge in [-0.25, -0.2) is 0 Å². The number of rotatable bonds is 2. The lowest BCUT2D eigenvalue weighted by molar-refractivity contribution is -0.623. The monoisotopic (exact) mass is 271 g/mol. The molecule has 2 aliphatic rings.